The number of rotatable bonds is 7. The highest BCUT2D eigenvalue weighted by molar-refractivity contribution is 5.87. The van der Waals surface area contributed by atoms with E-state index in [9.17, 15) is 4.79 Å². The van der Waals surface area contributed by atoms with Crippen LogP contribution in [0.4, 0.5) is 0 Å². The van der Waals surface area contributed by atoms with Crippen LogP contribution in [0, 0.1) is 0 Å². The molecule has 5 nitrogen and oxygen atoms in total. The van der Waals surface area contributed by atoms with E-state index in [1.807, 2.05) is 18.2 Å². The number of benzene rings is 1. The number of ether oxygens (including phenoxy) is 2. The van der Waals surface area contributed by atoms with Crippen LogP contribution in [0.15, 0.2) is 41.0 Å². The standard InChI is InChI=1S/C16H19NO4/c1-19-11-13-5-3-4-12(8-13)9-17-10-14-6-7-21-15(14)16(18)20-2/h3-8,17H,9-11H2,1-2H3. The normalized spacial score (nSPS) is 10.6. The highest BCUT2D eigenvalue weighted by Crippen LogP contribution is 2.12. The fourth-order valence-corrected chi connectivity index (χ4v) is 2.08. The predicted molar refractivity (Wildman–Crippen MR) is 77.7 cm³/mol. The second-order valence-corrected chi connectivity index (χ2v) is 4.62. The number of hydrogen-bond acceptors (Lipinski definition) is 5. The SMILES string of the molecule is COCc1cccc(CNCc2ccoc2C(=O)OC)c1. The molecule has 0 aliphatic rings. The zero-order chi connectivity index (χ0) is 15.1. The molecule has 0 aliphatic carbocycles. The summed E-state index contributed by atoms with van der Waals surface area (Å²) in [6, 6.07) is 9.93. The van der Waals surface area contributed by atoms with Gasteiger partial charge in [0.25, 0.3) is 0 Å². The van der Waals surface area contributed by atoms with Crippen LogP contribution in [-0.4, -0.2) is 20.2 Å². The minimum atomic E-state index is -0.459. The monoisotopic (exact) mass is 289 g/mol. The molecule has 0 amide bonds. The fourth-order valence-electron chi connectivity index (χ4n) is 2.08. The van der Waals surface area contributed by atoms with Crippen molar-refractivity contribution >= 4 is 5.97 Å². The van der Waals surface area contributed by atoms with Crippen molar-refractivity contribution in [2.24, 2.45) is 0 Å². The lowest BCUT2D eigenvalue weighted by Crippen LogP contribution is -2.15. The maximum Gasteiger partial charge on any atom is 0.374 e. The Kier molecular flexibility index (Phi) is 5.54. The predicted octanol–water partition coefficient (Wildman–Crippen LogP) is 2.50. The Morgan fingerprint density at radius 1 is 1.19 bits per heavy atom. The van der Waals surface area contributed by atoms with Crippen molar-refractivity contribution in [2.75, 3.05) is 14.2 Å². The molecule has 0 radical (unpaired) electrons. The molecule has 0 bridgehead atoms. The van der Waals surface area contributed by atoms with Crippen molar-refractivity contribution in [1.82, 2.24) is 5.32 Å². The molecule has 112 valence electrons. The van der Waals surface area contributed by atoms with E-state index >= 15 is 0 Å². The molecule has 5 heteroatoms. The largest absolute Gasteiger partial charge is 0.463 e. The lowest BCUT2D eigenvalue weighted by Gasteiger charge is -2.07. The molecule has 2 aromatic rings. The van der Waals surface area contributed by atoms with Crippen LogP contribution in [0.3, 0.4) is 0 Å². The van der Waals surface area contributed by atoms with E-state index in [1.54, 1.807) is 13.2 Å². The van der Waals surface area contributed by atoms with Crippen LogP contribution in [0.25, 0.3) is 0 Å². The van der Waals surface area contributed by atoms with E-state index in [0.29, 0.717) is 19.7 Å². The molecule has 1 N–H and O–H groups in total. The zero-order valence-corrected chi connectivity index (χ0v) is 12.2. The molecule has 1 heterocycles. The van der Waals surface area contributed by atoms with Gasteiger partial charge in [0.05, 0.1) is 20.0 Å². The van der Waals surface area contributed by atoms with Gasteiger partial charge in [-0.1, -0.05) is 24.3 Å². The third-order valence-corrected chi connectivity index (χ3v) is 3.06. The minimum absolute atomic E-state index is 0.248. The summed E-state index contributed by atoms with van der Waals surface area (Å²) >= 11 is 0. The first-order valence-corrected chi connectivity index (χ1v) is 6.66. The second-order valence-electron chi connectivity index (χ2n) is 4.62. The van der Waals surface area contributed by atoms with Gasteiger partial charge in [-0.3, -0.25) is 0 Å². The molecule has 0 unspecified atom stereocenters. The van der Waals surface area contributed by atoms with Crippen LogP contribution in [0.5, 0.6) is 0 Å². The number of carbonyl (C=O) groups excluding carboxylic acids is 1. The summed E-state index contributed by atoms with van der Waals surface area (Å²) in [7, 11) is 3.02. The van der Waals surface area contributed by atoms with Crippen LogP contribution < -0.4 is 5.32 Å². The molecule has 0 saturated carbocycles. The van der Waals surface area contributed by atoms with Crippen LogP contribution in [0.2, 0.25) is 0 Å². The first-order valence-electron chi connectivity index (χ1n) is 6.66. The van der Waals surface area contributed by atoms with Gasteiger partial charge in [-0.25, -0.2) is 4.79 Å². The lowest BCUT2D eigenvalue weighted by atomic mass is 10.1. The molecule has 0 saturated heterocycles. The average Bonchev–Trinajstić information content (AvgIpc) is 2.96. The van der Waals surface area contributed by atoms with E-state index in [0.717, 1.165) is 16.7 Å². The summed E-state index contributed by atoms with van der Waals surface area (Å²) in [6.45, 7) is 1.83. The first kappa shape index (κ1) is 15.3. The van der Waals surface area contributed by atoms with Gasteiger partial charge in [0.2, 0.25) is 5.76 Å². The van der Waals surface area contributed by atoms with Crippen molar-refractivity contribution < 1.29 is 18.7 Å². The van der Waals surface area contributed by atoms with Crippen LogP contribution in [0.1, 0.15) is 27.2 Å². The zero-order valence-electron chi connectivity index (χ0n) is 12.2. The fraction of sp³-hybridized carbons (Fsp3) is 0.312. The summed E-state index contributed by atoms with van der Waals surface area (Å²) in [5.41, 5.74) is 3.08. The van der Waals surface area contributed by atoms with Gasteiger partial charge < -0.3 is 19.2 Å². The van der Waals surface area contributed by atoms with Gasteiger partial charge in [0, 0.05) is 25.8 Å². The van der Waals surface area contributed by atoms with E-state index in [2.05, 4.69) is 16.1 Å². The van der Waals surface area contributed by atoms with Crippen LogP contribution >= 0.6 is 0 Å². The maximum atomic E-state index is 11.5. The highest BCUT2D eigenvalue weighted by Gasteiger charge is 2.15. The molecule has 21 heavy (non-hydrogen) atoms. The molecule has 0 fully saturated rings. The molecule has 0 aliphatic heterocycles. The number of hydrogen-bond donors (Lipinski definition) is 1. The molecular formula is C16H19NO4. The molecule has 0 atom stereocenters. The molecule has 2 rings (SSSR count). The number of esters is 1. The van der Waals surface area contributed by atoms with Gasteiger partial charge in [-0.15, -0.1) is 0 Å². The average molecular weight is 289 g/mol. The number of methoxy groups -OCH3 is 2. The van der Waals surface area contributed by atoms with E-state index in [4.69, 9.17) is 9.15 Å². The number of nitrogens with one attached hydrogen (secondary N) is 1. The van der Waals surface area contributed by atoms with Gasteiger partial charge in [0.1, 0.15) is 0 Å². The smallest absolute Gasteiger partial charge is 0.374 e. The maximum absolute atomic E-state index is 11.5. The highest BCUT2D eigenvalue weighted by atomic mass is 16.5. The summed E-state index contributed by atoms with van der Waals surface area (Å²) in [4.78, 5) is 11.5. The lowest BCUT2D eigenvalue weighted by molar-refractivity contribution is 0.0563. The summed E-state index contributed by atoms with van der Waals surface area (Å²) < 4.78 is 14.9. The van der Waals surface area contributed by atoms with Crippen molar-refractivity contribution in [2.45, 2.75) is 19.7 Å². The van der Waals surface area contributed by atoms with E-state index in [1.165, 1.54) is 13.4 Å². The van der Waals surface area contributed by atoms with Gasteiger partial charge >= 0.3 is 5.97 Å². The minimum Gasteiger partial charge on any atom is -0.463 e. The Morgan fingerprint density at radius 2 is 2.00 bits per heavy atom. The number of carbonyl (C=O) groups is 1. The molecule has 0 spiro atoms. The van der Waals surface area contributed by atoms with Crippen molar-refractivity contribution in [3.63, 3.8) is 0 Å². The van der Waals surface area contributed by atoms with Crippen molar-refractivity contribution in [3.05, 3.63) is 59.0 Å². The Bertz CT molecular complexity index is 591. The first-order chi connectivity index (χ1) is 10.2. The quantitative estimate of drug-likeness (QED) is 0.794. The Labute approximate surface area is 123 Å². The Hall–Kier alpha value is -2.11. The summed E-state index contributed by atoms with van der Waals surface area (Å²) in [6.07, 6.45) is 1.49. The third-order valence-electron chi connectivity index (χ3n) is 3.06. The molecular weight excluding hydrogens is 270 g/mol. The topological polar surface area (TPSA) is 60.7 Å². The van der Waals surface area contributed by atoms with Gasteiger partial charge in [0.15, 0.2) is 0 Å². The van der Waals surface area contributed by atoms with E-state index < -0.39 is 5.97 Å². The second kappa shape index (κ2) is 7.61. The molecule has 1 aromatic heterocycles. The Balaban J connectivity index is 1.91. The number of furan rings is 1. The van der Waals surface area contributed by atoms with E-state index in [-0.39, 0.29) is 5.76 Å². The van der Waals surface area contributed by atoms with Gasteiger partial charge in [-0.2, -0.15) is 0 Å². The third kappa shape index (κ3) is 4.18. The van der Waals surface area contributed by atoms with Crippen molar-refractivity contribution in [3.8, 4) is 0 Å². The Morgan fingerprint density at radius 3 is 2.76 bits per heavy atom. The molecule has 1 aromatic carbocycles. The van der Waals surface area contributed by atoms with Gasteiger partial charge in [-0.05, 0) is 17.2 Å². The summed E-state index contributed by atoms with van der Waals surface area (Å²) in [5.74, 6) is -0.211. The summed E-state index contributed by atoms with van der Waals surface area (Å²) in [5, 5.41) is 3.28. The van der Waals surface area contributed by atoms with Crippen LogP contribution in [-0.2, 0) is 29.2 Å². The van der Waals surface area contributed by atoms with Crippen molar-refractivity contribution in [1.29, 1.82) is 0 Å².